The molecule has 0 unspecified atom stereocenters. The maximum absolute atomic E-state index is 13.2. The van der Waals surface area contributed by atoms with Gasteiger partial charge in [-0.1, -0.05) is 61.5 Å². The molecule has 4 rings (SSSR count). The smallest absolute Gasteiger partial charge is 0.240 e. The van der Waals surface area contributed by atoms with Crippen molar-refractivity contribution in [3.8, 4) is 0 Å². The van der Waals surface area contributed by atoms with Gasteiger partial charge in [0.2, 0.25) is 11.8 Å². The quantitative estimate of drug-likeness (QED) is 0.532. The van der Waals surface area contributed by atoms with E-state index in [-0.39, 0.29) is 24.8 Å². The summed E-state index contributed by atoms with van der Waals surface area (Å²) in [5.41, 5.74) is 4.65. The Morgan fingerprint density at radius 2 is 1.79 bits per heavy atom. The van der Waals surface area contributed by atoms with E-state index in [0.29, 0.717) is 23.8 Å². The predicted octanol–water partition coefficient (Wildman–Crippen LogP) is 4.25. The van der Waals surface area contributed by atoms with Crippen molar-refractivity contribution >= 4 is 29.0 Å². The highest BCUT2D eigenvalue weighted by Crippen LogP contribution is 2.30. The van der Waals surface area contributed by atoms with Crippen LogP contribution < -0.4 is 10.2 Å². The summed E-state index contributed by atoms with van der Waals surface area (Å²) >= 11 is 0. The molecule has 2 heterocycles. The molecule has 1 N–H and O–H groups in total. The molecular weight excluding hydrogens is 412 g/mol. The van der Waals surface area contributed by atoms with E-state index >= 15 is 0 Å². The van der Waals surface area contributed by atoms with Crippen LogP contribution in [0.5, 0.6) is 0 Å². The summed E-state index contributed by atoms with van der Waals surface area (Å²) in [6.07, 6.45) is 4.41. The van der Waals surface area contributed by atoms with E-state index in [1.165, 1.54) is 16.0 Å². The molecule has 1 aliphatic rings. The highest BCUT2D eigenvalue weighted by Gasteiger charge is 2.27. The van der Waals surface area contributed by atoms with Crippen molar-refractivity contribution in [3.63, 3.8) is 0 Å². The van der Waals surface area contributed by atoms with Crippen LogP contribution in [0.25, 0.3) is 0 Å². The third-order valence-corrected chi connectivity index (χ3v) is 5.70. The third kappa shape index (κ3) is 5.71. The highest BCUT2D eigenvalue weighted by atomic mass is 16.2. The van der Waals surface area contributed by atoms with E-state index in [1.54, 1.807) is 12.3 Å². The van der Waals surface area contributed by atoms with Crippen LogP contribution in [0.3, 0.4) is 0 Å². The summed E-state index contributed by atoms with van der Waals surface area (Å²) in [7, 11) is 0. The average molecular weight is 441 g/mol. The summed E-state index contributed by atoms with van der Waals surface area (Å²) < 4.78 is 0. The molecule has 2 aromatic carbocycles. The molecule has 2 amide bonds. The maximum atomic E-state index is 13.2. The molecule has 3 aromatic rings. The Balaban J connectivity index is 1.43. The van der Waals surface area contributed by atoms with Gasteiger partial charge in [0.15, 0.2) is 5.82 Å². The second kappa shape index (κ2) is 10.7. The second-order valence-corrected chi connectivity index (χ2v) is 8.05. The predicted molar refractivity (Wildman–Crippen MR) is 131 cm³/mol. The molecule has 0 aliphatic carbocycles. The molecule has 6 nitrogen and oxygen atoms in total. The highest BCUT2D eigenvalue weighted by molar-refractivity contribution is 6.18. The first-order chi connectivity index (χ1) is 16.1. The molecular formula is C27H28N4O2. The van der Waals surface area contributed by atoms with Gasteiger partial charge in [-0.25, -0.2) is 9.98 Å². The second-order valence-electron chi connectivity index (χ2n) is 8.05. The Labute approximate surface area is 194 Å². The van der Waals surface area contributed by atoms with Crippen molar-refractivity contribution in [2.24, 2.45) is 4.99 Å². The van der Waals surface area contributed by atoms with Crippen LogP contribution in [0.1, 0.15) is 36.5 Å². The zero-order valence-electron chi connectivity index (χ0n) is 18.8. The summed E-state index contributed by atoms with van der Waals surface area (Å²) in [6, 6.07) is 21.9. The lowest BCUT2D eigenvalue weighted by molar-refractivity contribution is -0.123. The normalized spacial score (nSPS) is 13.2. The number of aryl methyl sites for hydroxylation is 2. The first kappa shape index (κ1) is 22.4. The lowest BCUT2D eigenvalue weighted by Gasteiger charge is -2.20. The van der Waals surface area contributed by atoms with Crippen LogP contribution in [-0.2, 0) is 22.4 Å². The number of fused-ring (bicyclic) bond motifs is 1. The molecule has 6 heteroatoms. The fraction of sp³-hybridized carbons (Fsp3) is 0.259. The standard InChI is InChI=1S/C27H28N4O2/c1-2-20-12-14-22(15-13-20)24-18-26(33)31(27-23(30-24)11-7-17-29-27)19-25(32)28-16-6-10-21-8-4-3-5-9-21/h3-5,7-9,11-15,17H,2,6,10,16,18-19H2,1H3,(H,28,32). The van der Waals surface area contributed by atoms with Crippen LogP contribution in [0.15, 0.2) is 77.9 Å². The Hall–Kier alpha value is -3.80. The van der Waals surface area contributed by atoms with Gasteiger partial charge in [-0.3, -0.25) is 14.5 Å². The summed E-state index contributed by atoms with van der Waals surface area (Å²) in [6.45, 7) is 2.58. The number of anilines is 1. The van der Waals surface area contributed by atoms with Gasteiger partial charge >= 0.3 is 0 Å². The molecule has 0 saturated carbocycles. The fourth-order valence-corrected chi connectivity index (χ4v) is 3.85. The van der Waals surface area contributed by atoms with Gasteiger partial charge in [0.05, 0.1) is 12.1 Å². The number of carbonyl (C=O) groups is 2. The van der Waals surface area contributed by atoms with Gasteiger partial charge in [0.1, 0.15) is 12.2 Å². The maximum Gasteiger partial charge on any atom is 0.240 e. The van der Waals surface area contributed by atoms with E-state index < -0.39 is 0 Å². The molecule has 0 spiro atoms. The average Bonchev–Trinajstić information content (AvgIpc) is 2.99. The molecule has 0 fully saturated rings. The lowest BCUT2D eigenvalue weighted by atomic mass is 10.0. The number of carbonyl (C=O) groups excluding carboxylic acids is 2. The monoisotopic (exact) mass is 440 g/mol. The van der Waals surface area contributed by atoms with Gasteiger partial charge in [-0.05, 0) is 48.1 Å². The minimum Gasteiger partial charge on any atom is -0.355 e. The number of rotatable bonds is 8. The van der Waals surface area contributed by atoms with Crippen LogP contribution in [0.4, 0.5) is 11.5 Å². The van der Waals surface area contributed by atoms with E-state index in [9.17, 15) is 9.59 Å². The number of nitrogens with one attached hydrogen (secondary N) is 1. The number of aromatic nitrogens is 1. The number of pyridine rings is 1. The van der Waals surface area contributed by atoms with Crippen molar-refractivity contribution in [1.29, 1.82) is 0 Å². The van der Waals surface area contributed by atoms with E-state index in [4.69, 9.17) is 4.99 Å². The van der Waals surface area contributed by atoms with E-state index in [1.807, 2.05) is 36.4 Å². The Kier molecular flexibility index (Phi) is 7.25. The molecule has 0 bridgehead atoms. The lowest BCUT2D eigenvalue weighted by Crippen LogP contribution is -2.41. The third-order valence-electron chi connectivity index (χ3n) is 5.70. The number of amides is 2. The summed E-state index contributed by atoms with van der Waals surface area (Å²) in [5, 5.41) is 2.93. The number of aliphatic imine (C=N–C) groups is 1. The minimum atomic E-state index is -0.205. The number of hydrogen-bond donors (Lipinski definition) is 1. The topological polar surface area (TPSA) is 74.7 Å². The number of benzene rings is 2. The summed E-state index contributed by atoms with van der Waals surface area (Å²) in [5.74, 6) is 0.0241. The van der Waals surface area contributed by atoms with Gasteiger partial charge in [0.25, 0.3) is 0 Å². The molecule has 0 atom stereocenters. The van der Waals surface area contributed by atoms with Crippen molar-refractivity contribution in [2.75, 3.05) is 18.0 Å². The molecule has 1 aromatic heterocycles. The van der Waals surface area contributed by atoms with Crippen LogP contribution >= 0.6 is 0 Å². The first-order valence-electron chi connectivity index (χ1n) is 11.4. The van der Waals surface area contributed by atoms with Gasteiger partial charge in [0, 0.05) is 12.7 Å². The Morgan fingerprint density at radius 1 is 1.00 bits per heavy atom. The number of nitrogens with zero attached hydrogens (tertiary/aromatic N) is 3. The molecule has 0 radical (unpaired) electrons. The van der Waals surface area contributed by atoms with Crippen molar-refractivity contribution in [2.45, 2.75) is 32.6 Å². The Morgan fingerprint density at radius 3 is 2.55 bits per heavy atom. The molecule has 0 saturated heterocycles. The van der Waals surface area contributed by atoms with Crippen LogP contribution in [0, 0.1) is 0 Å². The largest absolute Gasteiger partial charge is 0.355 e. The zero-order chi connectivity index (χ0) is 23.0. The van der Waals surface area contributed by atoms with Crippen molar-refractivity contribution < 1.29 is 9.59 Å². The molecule has 33 heavy (non-hydrogen) atoms. The van der Waals surface area contributed by atoms with Crippen molar-refractivity contribution in [3.05, 3.63) is 89.6 Å². The summed E-state index contributed by atoms with van der Waals surface area (Å²) in [4.78, 5) is 36.4. The molecule has 1 aliphatic heterocycles. The Bertz CT molecular complexity index is 1140. The van der Waals surface area contributed by atoms with Crippen LogP contribution in [0.2, 0.25) is 0 Å². The first-order valence-corrected chi connectivity index (χ1v) is 11.4. The zero-order valence-corrected chi connectivity index (χ0v) is 18.8. The van der Waals surface area contributed by atoms with Gasteiger partial charge < -0.3 is 5.32 Å². The fourth-order valence-electron chi connectivity index (χ4n) is 3.85. The van der Waals surface area contributed by atoms with Gasteiger partial charge in [-0.15, -0.1) is 0 Å². The van der Waals surface area contributed by atoms with E-state index in [2.05, 4.69) is 41.5 Å². The SMILES string of the molecule is CCc1ccc(C2=Nc3cccnc3N(CC(=O)NCCCc3ccccc3)C(=O)C2)cc1. The minimum absolute atomic E-state index is 0.0776. The van der Waals surface area contributed by atoms with Crippen molar-refractivity contribution in [1.82, 2.24) is 10.3 Å². The van der Waals surface area contributed by atoms with Gasteiger partial charge in [-0.2, -0.15) is 0 Å². The number of hydrogen-bond acceptors (Lipinski definition) is 4. The molecule has 168 valence electrons. The van der Waals surface area contributed by atoms with Crippen LogP contribution in [-0.4, -0.2) is 35.6 Å². The van der Waals surface area contributed by atoms with E-state index in [0.717, 1.165) is 24.8 Å².